The van der Waals surface area contributed by atoms with Gasteiger partial charge in [-0.25, -0.2) is 0 Å². The zero-order valence-corrected chi connectivity index (χ0v) is 13.8. The quantitative estimate of drug-likeness (QED) is 0.856. The van der Waals surface area contributed by atoms with Crippen LogP contribution in [0.3, 0.4) is 0 Å². The average Bonchev–Trinajstić information content (AvgIpc) is 2.53. The molecule has 2 amide bonds. The summed E-state index contributed by atoms with van der Waals surface area (Å²) in [5, 5.41) is 0. The summed E-state index contributed by atoms with van der Waals surface area (Å²) in [4.78, 5) is 28.0. The van der Waals surface area contributed by atoms with E-state index in [1.807, 2.05) is 35.8 Å². The largest absolute Gasteiger partial charge is 0.339 e. The second-order valence-electron chi connectivity index (χ2n) is 6.29. The number of rotatable bonds is 4. The third kappa shape index (κ3) is 4.09. The fraction of sp³-hybridized carbons (Fsp3) is 0.556. The summed E-state index contributed by atoms with van der Waals surface area (Å²) < 4.78 is 0. The molecule has 1 aliphatic heterocycles. The normalized spacial score (nSPS) is 15.3. The monoisotopic (exact) mass is 302 g/mol. The van der Waals surface area contributed by atoms with Gasteiger partial charge in [0.15, 0.2) is 0 Å². The van der Waals surface area contributed by atoms with Crippen molar-refractivity contribution in [2.75, 3.05) is 26.2 Å². The van der Waals surface area contributed by atoms with Crippen molar-refractivity contribution in [1.82, 2.24) is 9.80 Å². The van der Waals surface area contributed by atoms with Gasteiger partial charge in [0.05, 0.1) is 0 Å². The third-order valence-corrected chi connectivity index (χ3v) is 4.31. The minimum atomic E-state index is 0.0308. The number of carbonyl (C=O) groups excluding carboxylic acids is 2. The molecule has 4 heteroatoms. The predicted molar refractivity (Wildman–Crippen MR) is 87.5 cm³/mol. The number of aryl methyl sites for hydroxylation is 2. The molecule has 0 saturated carbocycles. The standard InChI is InChI=1S/C18H26N2O2/c1-14(2)18(22)20-12-10-19(11-13-20)17(21)9-8-16-7-5-4-6-15(16)3/h4-7,14H,8-13H2,1-3H3. The first-order valence-corrected chi connectivity index (χ1v) is 8.10. The highest BCUT2D eigenvalue weighted by atomic mass is 16.2. The predicted octanol–water partition coefficient (Wildman–Crippen LogP) is 2.25. The molecule has 0 atom stereocenters. The van der Waals surface area contributed by atoms with Gasteiger partial charge in [0, 0.05) is 38.5 Å². The molecule has 22 heavy (non-hydrogen) atoms. The first-order valence-electron chi connectivity index (χ1n) is 8.10. The number of hydrogen-bond acceptors (Lipinski definition) is 2. The van der Waals surface area contributed by atoms with Crippen LogP contribution < -0.4 is 0 Å². The minimum absolute atomic E-state index is 0.0308. The van der Waals surface area contributed by atoms with Gasteiger partial charge in [-0.1, -0.05) is 38.1 Å². The average molecular weight is 302 g/mol. The Labute approximate surface area is 133 Å². The Morgan fingerprint density at radius 2 is 1.64 bits per heavy atom. The molecule has 0 spiro atoms. The van der Waals surface area contributed by atoms with Crippen LogP contribution >= 0.6 is 0 Å². The van der Waals surface area contributed by atoms with Crippen LogP contribution in [-0.4, -0.2) is 47.8 Å². The summed E-state index contributed by atoms with van der Waals surface area (Å²) in [5.41, 5.74) is 2.48. The van der Waals surface area contributed by atoms with Gasteiger partial charge in [-0.3, -0.25) is 9.59 Å². The lowest BCUT2D eigenvalue weighted by Crippen LogP contribution is -2.51. The lowest BCUT2D eigenvalue weighted by atomic mass is 10.0. The molecule has 0 bridgehead atoms. The lowest BCUT2D eigenvalue weighted by molar-refractivity contribution is -0.141. The number of carbonyl (C=O) groups is 2. The van der Waals surface area contributed by atoms with Crippen molar-refractivity contribution in [2.45, 2.75) is 33.6 Å². The highest BCUT2D eigenvalue weighted by Crippen LogP contribution is 2.12. The molecule has 1 saturated heterocycles. The van der Waals surface area contributed by atoms with Crippen LogP contribution in [-0.2, 0) is 16.0 Å². The summed E-state index contributed by atoms with van der Waals surface area (Å²) in [6.07, 6.45) is 1.33. The number of nitrogens with zero attached hydrogens (tertiary/aromatic N) is 2. The smallest absolute Gasteiger partial charge is 0.225 e. The van der Waals surface area contributed by atoms with Crippen LogP contribution in [0.4, 0.5) is 0 Å². The van der Waals surface area contributed by atoms with E-state index in [0.29, 0.717) is 32.6 Å². The fourth-order valence-electron chi connectivity index (χ4n) is 2.83. The summed E-state index contributed by atoms with van der Waals surface area (Å²) in [6, 6.07) is 8.20. The van der Waals surface area contributed by atoms with E-state index in [1.54, 1.807) is 0 Å². The molecule has 1 fully saturated rings. The van der Waals surface area contributed by atoms with Gasteiger partial charge in [0.1, 0.15) is 0 Å². The summed E-state index contributed by atoms with van der Waals surface area (Å²) in [5.74, 6) is 0.412. The van der Waals surface area contributed by atoms with E-state index in [4.69, 9.17) is 0 Å². The van der Waals surface area contributed by atoms with Crippen molar-refractivity contribution < 1.29 is 9.59 Å². The van der Waals surface area contributed by atoms with Gasteiger partial charge >= 0.3 is 0 Å². The zero-order valence-electron chi connectivity index (χ0n) is 13.8. The lowest BCUT2D eigenvalue weighted by Gasteiger charge is -2.35. The summed E-state index contributed by atoms with van der Waals surface area (Å²) in [7, 11) is 0. The summed E-state index contributed by atoms with van der Waals surface area (Å²) >= 11 is 0. The van der Waals surface area contributed by atoms with E-state index < -0.39 is 0 Å². The van der Waals surface area contributed by atoms with Crippen molar-refractivity contribution >= 4 is 11.8 Å². The summed E-state index contributed by atoms with van der Waals surface area (Å²) in [6.45, 7) is 8.55. The molecule has 0 unspecified atom stereocenters. The van der Waals surface area contributed by atoms with E-state index in [9.17, 15) is 9.59 Å². The highest BCUT2D eigenvalue weighted by molar-refractivity contribution is 5.79. The van der Waals surface area contributed by atoms with Crippen LogP contribution in [0.1, 0.15) is 31.4 Å². The number of piperazine rings is 1. The molecule has 0 aromatic heterocycles. The van der Waals surface area contributed by atoms with E-state index in [-0.39, 0.29) is 17.7 Å². The van der Waals surface area contributed by atoms with Gasteiger partial charge in [-0.05, 0) is 24.5 Å². The van der Waals surface area contributed by atoms with Gasteiger partial charge in [-0.15, -0.1) is 0 Å². The van der Waals surface area contributed by atoms with Crippen LogP contribution in [0.5, 0.6) is 0 Å². The van der Waals surface area contributed by atoms with Gasteiger partial charge in [0.2, 0.25) is 11.8 Å². The third-order valence-electron chi connectivity index (χ3n) is 4.31. The van der Waals surface area contributed by atoms with E-state index in [0.717, 1.165) is 6.42 Å². The van der Waals surface area contributed by atoms with Gasteiger partial charge < -0.3 is 9.80 Å². The molecule has 1 aromatic rings. The fourth-order valence-corrected chi connectivity index (χ4v) is 2.83. The maximum absolute atomic E-state index is 12.3. The van der Waals surface area contributed by atoms with Crippen molar-refractivity contribution in [3.63, 3.8) is 0 Å². The minimum Gasteiger partial charge on any atom is -0.339 e. The SMILES string of the molecule is Cc1ccccc1CCC(=O)N1CCN(C(=O)C(C)C)CC1. The first-order chi connectivity index (χ1) is 10.5. The second-order valence-corrected chi connectivity index (χ2v) is 6.29. The van der Waals surface area contributed by atoms with Crippen molar-refractivity contribution in [3.05, 3.63) is 35.4 Å². The van der Waals surface area contributed by atoms with Crippen LogP contribution in [0.25, 0.3) is 0 Å². The Morgan fingerprint density at radius 1 is 1.05 bits per heavy atom. The highest BCUT2D eigenvalue weighted by Gasteiger charge is 2.25. The Hall–Kier alpha value is -1.84. The molecule has 1 heterocycles. The Kier molecular flexibility index (Phi) is 5.58. The molecule has 0 aliphatic carbocycles. The van der Waals surface area contributed by atoms with Crippen LogP contribution in [0, 0.1) is 12.8 Å². The van der Waals surface area contributed by atoms with Crippen molar-refractivity contribution in [3.8, 4) is 0 Å². The van der Waals surface area contributed by atoms with Crippen LogP contribution in [0.15, 0.2) is 24.3 Å². The topological polar surface area (TPSA) is 40.6 Å². The molecule has 1 aliphatic rings. The zero-order chi connectivity index (χ0) is 16.1. The van der Waals surface area contributed by atoms with Crippen molar-refractivity contribution in [2.24, 2.45) is 5.92 Å². The second kappa shape index (κ2) is 7.43. The van der Waals surface area contributed by atoms with Crippen molar-refractivity contribution in [1.29, 1.82) is 0 Å². The molecular weight excluding hydrogens is 276 g/mol. The molecule has 120 valence electrons. The Bertz CT molecular complexity index is 532. The molecule has 0 radical (unpaired) electrons. The van der Waals surface area contributed by atoms with Crippen LogP contribution in [0.2, 0.25) is 0 Å². The molecule has 2 rings (SSSR count). The van der Waals surface area contributed by atoms with Gasteiger partial charge in [-0.2, -0.15) is 0 Å². The molecule has 1 aromatic carbocycles. The van der Waals surface area contributed by atoms with E-state index >= 15 is 0 Å². The number of hydrogen-bond donors (Lipinski definition) is 0. The maximum atomic E-state index is 12.3. The van der Waals surface area contributed by atoms with E-state index in [1.165, 1.54) is 11.1 Å². The molecule has 0 N–H and O–H groups in total. The van der Waals surface area contributed by atoms with Gasteiger partial charge in [0.25, 0.3) is 0 Å². The number of benzene rings is 1. The Balaban J connectivity index is 1.80. The molecule has 4 nitrogen and oxygen atoms in total. The van der Waals surface area contributed by atoms with E-state index in [2.05, 4.69) is 19.1 Å². The Morgan fingerprint density at radius 3 is 2.23 bits per heavy atom. The maximum Gasteiger partial charge on any atom is 0.225 e. The number of amides is 2. The molecular formula is C18H26N2O2. The first kappa shape index (κ1) is 16.5.